The number of benzene rings is 1. The molecule has 1 aliphatic heterocycles. The minimum Gasteiger partial charge on any atom is -0.311 e. The molecule has 1 aliphatic rings. The molecule has 2 rings (SSSR count). The summed E-state index contributed by atoms with van der Waals surface area (Å²) in [6.45, 7) is 0.894. The van der Waals surface area contributed by atoms with E-state index >= 15 is 0 Å². The van der Waals surface area contributed by atoms with Gasteiger partial charge in [0.05, 0.1) is 17.3 Å². The number of nitriles is 1. The van der Waals surface area contributed by atoms with Gasteiger partial charge in [-0.2, -0.15) is 5.26 Å². The SMILES string of the molecule is N#Cc1ccc(N2CC(CN=[N+]=[N-])CC2=O)c(I)c1. The van der Waals surface area contributed by atoms with Crippen LogP contribution in [-0.4, -0.2) is 19.0 Å². The van der Waals surface area contributed by atoms with Gasteiger partial charge in [-0.3, -0.25) is 4.79 Å². The number of amides is 1. The first-order chi connectivity index (χ1) is 9.15. The zero-order chi connectivity index (χ0) is 13.8. The summed E-state index contributed by atoms with van der Waals surface area (Å²) >= 11 is 2.12. The molecule has 1 heterocycles. The lowest BCUT2D eigenvalue weighted by Gasteiger charge is -2.18. The highest BCUT2D eigenvalue weighted by Crippen LogP contribution is 2.29. The zero-order valence-electron chi connectivity index (χ0n) is 9.95. The van der Waals surface area contributed by atoms with Crippen LogP contribution in [0.3, 0.4) is 0 Å². The molecule has 1 atom stereocenters. The molecule has 1 saturated heterocycles. The van der Waals surface area contributed by atoms with Crippen LogP contribution in [0.1, 0.15) is 12.0 Å². The topological polar surface area (TPSA) is 92.9 Å². The molecule has 1 fully saturated rings. The molecule has 6 nitrogen and oxygen atoms in total. The molecule has 7 heteroatoms. The van der Waals surface area contributed by atoms with Gasteiger partial charge in [0.25, 0.3) is 0 Å². The van der Waals surface area contributed by atoms with Gasteiger partial charge in [0.1, 0.15) is 0 Å². The lowest BCUT2D eigenvalue weighted by Crippen LogP contribution is -2.25. The normalized spacial score (nSPS) is 18.0. The van der Waals surface area contributed by atoms with E-state index in [9.17, 15) is 4.79 Å². The van der Waals surface area contributed by atoms with Crippen LogP contribution in [0, 0.1) is 20.8 Å². The number of carbonyl (C=O) groups is 1. The third-order valence-corrected chi connectivity index (χ3v) is 3.84. The average Bonchev–Trinajstić information content (AvgIpc) is 2.77. The highest BCUT2D eigenvalue weighted by Gasteiger charge is 2.31. The zero-order valence-corrected chi connectivity index (χ0v) is 12.1. The maximum Gasteiger partial charge on any atom is 0.227 e. The van der Waals surface area contributed by atoms with E-state index in [0.717, 1.165) is 9.26 Å². The van der Waals surface area contributed by atoms with Crippen LogP contribution in [0.2, 0.25) is 0 Å². The van der Waals surface area contributed by atoms with Gasteiger partial charge in [-0.25, -0.2) is 0 Å². The Kier molecular flexibility index (Phi) is 4.24. The molecule has 0 radical (unpaired) electrons. The molecule has 0 saturated carbocycles. The van der Waals surface area contributed by atoms with Crippen LogP contribution < -0.4 is 4.90 Å². The van der Waals surface area contributed by atoms with Crippen molar-refractivity contribution in [3.63, 3.8) is 0 Å². The predicted octanol–water partition coefficient (Wildman–Crippen LogP) is 2.83. The van der Waals surface area contributed by atoms with Crippen molar-refractivity contribution in [2.45, 2.75) is 6.42 Å². The number of azide groups is 1. The Labute approximate surface area is 123 Å². The van der Waals surface area contributed by atoms with Crippen LogP contribution in [0.4, 0.5) is 5.69 Å². The van der Waals surface area contributed by atoms with E-state index in [1.54, 1.807) is 23.1 Å². The van der Waals surface area contributed by atoms with Gasteiger partial charge >= 0.3 is 0 Å². The second kappa shape index (κ2) is 5.91. The van der Waals surface area contributed by atoms with E-state index in [1.165, 1.54) is 0 Å². The summed E-state index contributed by atoms with van der Waals surface area (Å²) in [4.78, 5) is 16.4. The van der Waals surface area contributed by atoms with Crippen molar-refractivity contribution >= 4 is 34.2 Å². The molecule has 19 heavy (non-hydrogen) atoms. The Morgan fingerprint density at radius 2 is 2.42 bits per heavy atom. The largest absolute Gasteiger partial charge is 0.311 e. The predicted molar refractivity (Wildman–Crippen MR) is 78.3 cm³/mol. The third-order valence-electron chi connectivity index (χ3n) is 2.98. The van der Waals surface area contributed by atoms with E-state index in [2.05, 4.69) is 38.7 Å². The average molecular weight is 367 g/mol. The standard InChI is InChI=1S/C12H10IN5O/c13-10-3-8(5-14)1-2-11(10)18-7-9(4-12(18)19)6-16-17-15/h1-3,9H,4,6-7H2. The van der Waals surface area contributed by atoms with Crippen molar-refractivity contribution in [3.8, 4) is 6.07 Å². The maximum atomic E-state index is 12.0. The summed E-state index contributed by atoms with van der Waals surface area (Å²) in [5, 5.41) is 12.4. The van der Waals surface area contributed by atoms with E-state index < -0.39 is 0 Å². The number of halogens is 1. The van der Waals surface area contributed by atoms with Gasteiger partial charge in [-0.15, -0.1) is 0 Å². The fourth-order valence-electron chi connectivity index (χ4n) is 2.08. The van der Waals surface area contributed by atoms with Crippen LogP contribution in [-0.2, 0) is 4.79 Å². The first kappa shape index (κ1) is 13.6. The summed E-state index contributed by atoms with van der Waals surface area (Å²) in [7, 11) is 0. The van der Waals surface area contributed by atoms with Gasteiger partial charge in [0, 0.05) is 28.0 Å². The first-order valence-electron chi connectivity index (χ1n) is 5.66. The van der Waals surface area contributed by atoms with E-state index in [1.807, 2.05) is 0 Å². The van der Waals surface area contributed by atoms with E-state index in [-0.39, 0.29) is 11.8 Å². The minimum absolute atomic E-state index is 0.0285. The van der Waals surface area contributed by atoms with Crippen molar-refractivity contribution in [2.24, 2.45) is 11.0 Å². The van der Waals surface area contributed by atoms with Crippen molar-refractivity contribution in [2.75, 3.05) is 18.0 Å². The van der Waals surface area contributed by atoms with Gasteiger partial charge in [0.15, 0.2) is 0 Å². The van der Waals surface area contributed by atoms with Crippen molar-refractivity contribution in [1.82, 2.24) is 0 Å². The Balaban J connectivity index is 2.21. The van der Waals surface area contributed by atoms with Gasteiger partial charge in [-0.1, -0.05) is 5.11 Å². The summed E-state index contributed by atoms with van der Waals surface area (Å²) in [5.41, 5.74) is 9.69. The monoisotopic (exact) mass is 367 g/mol. The van der Waals surface area contributed by atoms with Crippen LogP contribution in [0.15, 0.2) is 23.3 Å². The lowest BCUT2D eigenvalue weighted by atomic mass is 10.1. The number of anilines is 1. The highest BCUT2D eigenvalue weighted by atomic mass is 127. The van der Waals surface area contributed by atoms with Crippen LogP contribution in [0.25, 0.3) is 10.4 Å². The molecule has 0 N–H and O–H groups in total. The van der Waals surface area contributed by atoms with E-state index in [4.69, 9.17) is 10.8 Å². The number of hydrogen-bond acceptors (Lipinski definition) is 3. The number of nitrogens with zero attached hydrogens (tertiary/aromatic N) is 5. The maximum absolute atomic E-state index is 12.0. The quantitative estimate of drug-likeness (QED) is 0.356. The fraction of sp³-hybridized carbons (Fsp3) is 0.333. The summed E-state index contributed by atoms with van der Waals surface area (Å²) in [5.74, 6) is 0.0932. The van der Waals surface area contributed by atoms with Gasteiger partial charge in [-0.05, 0) is 52.2 Å². The Hall–Kier alpha value is -1.78. The van der Waals surface area contributed by atoms with E-state index in [0.29, 0.717) is 25.1 Å². The minimum atomic E-state index is 0.0285. The first-order valence-corrected chi connectivity index (χ1v) is 6.74. The molecule has 1 aromatic carbocycles. The molecular formula is C12H10IN5O. The Bertz CT molecular complexity index is 603. The van der Waals surface area contributed by atoms with Crippen molar-refractivity contribution in [3.05, 3.63) is 37.8 Å². The van der Waals surface area contributed by atoms with Crippen molar-refractivity contribution < 1.29 is 4.79 Å². The number of carbonyl (C=O) groups excluding carboxylic acids is 1. The number of hydrogen-bond donors (Lipinski definition) is 0. The molecule has 0 aromatic heterocycles. The summed E-state index contributed by atoms with van der Waals surface area (Å²) < 4.78 is 0.870. The molecule has 0 aliphatic carbocycles. The third kappa shape index (κ3) is 2.97. The summed E-state index contributed by atoms with van der Waals surface area (Å²) in [6, 6.07) is 7.31. The summed E-state index contributed by atoms with van der Waals surface area (Å²) in [6.07, 6.45) is 0.398. The second-order valence-electron chi connectivity index (χ2n) is 4.27. The molecule has 0 bridgehead atoms. The molecule has 96 valence electrons. The van der Waals surface area contributed by atoms with Gasteiger partial charge in [0.2, 0.25) is 5.91 Å². The second-order valence-corrected chi connectivity index (χ2v) is 5.43. The van der Waals surface area contributed by atoms with Crippen molar-refractivity contribution in [1.29, 1.82) is 5.26 Å². The van der Waals surface area contributed by atoms with Crippen LogP contribution in [0.5, 0.6) is 0 Å². The van der Waals surface area contributed by atoms with Gasteiger partial charge < -0.3 is 4.90 Å². The molecule has 0 spiro atoms. The molecular weight excluding hydrogens is 357 g/mol. The highest BCUT2D eigenvalue weighted by molar-refractivity contribution is 14.1. The Morgan fingerprint density at radius 3 is 3.05 bits per heavy atom. The molecule has 1 aromatic rings. The van der Waals surface area contributed by atoms with Crippen LogP contribution >= 0.6 is 22.6 Å². The molecule has 1 amide bonds. The lowest BCUT2D eigenvalue weighted by molar-refractivity contribution is -0.117. The fourth-order valence-corrected chi connectivity index (χ4v) is 2.89. The number of rotatable bonds is 3. The Morgan fingerprint density at radius 1 is 1.63 bits per heavy atom. The molecule has 1 unspecified atom stereocenters. The smallest absolute Gasteiger partial charge is 0.227 e.